The first-order valence-corrected chi connectivity index (χ1v) is 6.38. The maximum atomic E-state index is 11.0. The summed E-state index contributed by atoms with van der Waals surface area (Å²) in [5.41, 5.74) is 0.587. The van der Waals surface area contributed by atoms with Gasteiger partial charge < -0.3 is 15.0 Å². The highest BCUT2D eigenvalue weighted by atomic mass is 16.6. The summed E-state index contributed by atoms with van der Waals surface area (Å²) in [5, 5.41) is 14.1. The van der Waals surface area contributed by atoms with E-state index in [1.807, 2.05) is 0 Å². The first-order chi connectivity index (χ1) is 9.11. The molecule has 0 bridgehead atoms. The summed E-state index contributed by atoms with van der Waals surface area (Å²) in [6.45, 7) is 1.58. The van der Waals surface area contributed by atoms with Crippen LogP contribution in [0.25, 0.3) is 0 Å². The van der Waals surface area contributed by atoms with Crippen molar-refractivity contribution in [2.45, 2.75) is 18.9 Å². The van der Waals surface area contributed by atoms with Gasteiger partial charge in [-0.3, -0.25) is 10.1 Å². The summed E-state index contributed by atoms with van der Waals surface area (Å²) < 4.78 is 5.00. The zero-order chi connectivity index (χ0) is 13.8. The van der Waals surface area contributed by atoms with E-state index in [0.717, 1.165) is 6.54 Å². The van der Waals surface area contributed by atoms with Crippen LogP contribution in [0.5, 0.6) is 5.75 Å². The number of nitrogens with zero attached hydrogens (tertiary/aromatic N) is 2. The Morgan fingerprint density at radius 3 is 2.84 bits per heavy atom. The normalized spacial score (nSPS) is 14.5. The number of nitrogens with one attached hydrogen (secondary N) is 1. The summed E-state index contributed by atoms with van der Waals surface area (Å²) in [5.74, 6) is 0.493. The van der Waals surface area contributed by atoms with Gasteiger partial charge in [-0.15, -0.1) is 0 Å². The lowest BCUT2D eigenvalue weighted by Gasteiger charge is -2.16. The molecule has 0 saturated heterocycles. The lowest BCUT2D eigenvalue weighted by molar-refractivity contribution is -0.384. The maximum Gasteiger partial charge on any atom is 0.296 e. The second kappa shape index (κ2) is 5.88. The van der Waals surface area contributed by atoms with Crippen LogP contribution in [0.3, 0.4) is 0 Å². The molecule has 0 spiro atoms. The SMILES string of the molecule is COc1ccc(NCCN(C)C2CC2)c([N+](=O)[O-])c1. The number of rotatable bonds is 7. The first kappa shape index (κ1) is 13.6. The van der Waals surface area contributed by atoms with Crippen molar-refractivity contribution in [1.29, 1.82) is 0 Å². The predicted octanol–water partition coefficient (Wildman–Crippen LogP) is 2.11. The topological polar surface area (TPSA) is 67.6 Å². The second-order valence-electron chi connectivity index (χ2n) is 4.78. The molecule has 1 saturated carbocycles. The molecule has 1 N–H and O–H groups in total. The first-order valence-electron chi connectivity index (χ1n) is 6.38. The lowest BCUT2D eigenvalue weighted by atomic mass is 10.2. The Bertz CT molecular complexity index is 460. The van der Waals surface area contributed by atoms with Gasteiger partial charge in [-0.25, -0.2) is 0 Å². The molecule has 1 aliphatic rings. The third kappa shape index (κ3) is 3.57. The highest BCUT2D eigenvalue weighted by Gasteiger charge is 2.25. The average Bonchev–Trinajstić information content (AvgIpc) is 3.23. The van der Waals surface area contributed by atoms with Crippen molar-refractivity contribution in [1.82, 2.24) is 4.90 Å². The van der Waals surface area contributed by atoms with Crippen LogP contribution < -0.4 is 10.1 Å². The predicted molar refractivity (Wildman–Crippen MR) is 73.8 cm³/mol. The molecule has 19 heavy (non-hydrogen) atoms. The van der Waals surface area contributed by atoms with E-state index in [9.17, 15) is 10.1 Å². The van der Waals surface area contributed by atoms with Crippen molar-refractivity contribution in [3.05, 3.63) is 28.3 Å². The largest absolute Gasteiger partial charge is 0.496 e. The van der Waals surface area contributed by atoms with Crippen LogP contribution in [-0.2, 0) is 0 Å². The Kier molecular flexibility index (Phi) is 4.21. The Hall–Kier alpha value is -1.82. The van der Waals surface area contributed by atoms with Gasteiger partial charge in [-0.1, -0.05) is 0 Å². The van der Waals surface area contributed by atoms with Crippen LogP contribution in [0.15, 0.2) is 18.2 Å². The van der Waals surface area contributed by atoms with Gasteiger partial charge in [0, 0.05) is 19.1 Å². The molecule has 6 nitrogen and oxygen atoms in total. The molecular weight excluding hydrogens is 246 g/mol. The van der Waals surface area contributed by atoms with Gasteiger partial charge >= 0.3 is 0 Å². The third-order valence-corrected chi connectivity index (χ3v) is 3.35. The molecule has 1 aromatic carbocycles. The number of hydrogen-bond donors (Lipinski definition) is 1. The molecule has 0 aliphatic heterocycles. The van der Waals surface area contributed by atoms with Gasteiger partial charge in [-0.05, 0) is 32.0 Å². The molecule has 2 rings (SSSR count). The fraction of sp³-hybridized carbons (Fsp3) is 0.538. The van der Waals surface area contributed by atoms with E-state index in [1.54, 1.807) is 12.1 Å². The summed E-state index contributed by atoms with van der Waals surface area (Å²) in [6.07, 6.45) is 2.53. The van der Waals surface area contributed by atoms with Crippen molar-refractivity contribution in [3.63, 3.8) is 0 Å². The minimum atomic E-state index is -0.393. The smallest absolute Gasteiger partial charge is 0.296 e. The van der Waals surface area contributed by atoms with E-state index in [1.165, 1.54) is 26.0 Å². The molecule has 6 heteroatoms. The van der Waals surface area contributed by atoms with Crippen molar-refractivity contribution in [3.8, 4) is 5.75 Å². The van der Waals surface area contributed by atoms with Gasteiger partial charge in [0.05, 0.1) is 18.1 Å². The number of nitro groups is 1. The molecular formula is C13H19N3O3. The number of ether oxygens (including phenoxy) is 1. The van der Waals surface area contributed by atoms with E-state index in [0.29, 0.717) is 24.0 Å². The van der Waals surface area contributed by atoms with Crippen molar-refractivity contribution < 1.29 is 9.66 Å². The second-order valence-corrected chi connectivity index (χ2v) is 4.78. The van der Waals surface area contributed by atoms with Crippen LogP contribution in [0.4, 0.5) is 11.4 Å². The minimum absolute atomic E-state index is 0.0495. The minimum Gasteiger partial charge on any atom is -0.496 e. The summed E-state index contributed by atoms with van der Waals surface area (Å²) in [7, 11) is 3.58. The number of hydrogen-bond acceptors (Lipinski definition) is 5. The maximum absolute atomic E-state index is 11.0. The Balaban J connectivity index is 1.96. The van der Waals surface area contributed by atoms with E-state index in [4.69, 9.17) is 4.74 Å². The van der Waals surface area contributed by atoms with Crippen molar-refractivity contribution in [2.75, 3.05) is 32.6 Å². The molecule has 1 aromatic rings. The monoisotopic (exact) mass is 265 g/mol. The molecule has 0 radical (unpaired) electrons. The third-order valence-electron chi connectivity index (χ3n) is 3.35. The summed E-state index contributed by atoms with van der Waals surface area (Å²) in [6, 6.07) is 5.55. The lowest BCUT2D eigenvalue weighted by Crippen LogP contribution is -2.27. The molecule has 1 aliphatic carbocycles. The van der Waals surface area contributed by atoms with Gasteiger partial charge in [0.25, 0.3) is 5.69 Å². The van der Waals surface area contributed by atoms with Gasteiger partial charge in [0.15, 0.2) is 0 Å². The Labute approximate surface area is 112 Å². The molecule has 104 valence electrons. The molecule has 0 atom stereocenters. The number of nitro benzene ring substituents is 1. The zero-order valence-electron chi connectivity index (χ0n) is 11.3. The van der Waals surface area contributed by atoms with Crippen LogP contribution >= 0.6 is 0 Å². The molecule has 0 amide bonds. The van der Waals surface area contributed by atoms with Crippen LogP contribution in [-0.4, -0.2) is 43.1 Å². The molecule has 0 aromatic heterocycles. The van der Waals surface area contributed by atoms with Crippen LogP contribution in [0, 0.1) is 10.1 Å². The number of anilines is 1. The van der Waals surface area contributed by atoms with Crippen LogP contribution in [0.2, 0.25) is 0 Å². The standard InChI is InChI=1S/C13H19N3O3/c1-15(10-3-4-10)8-7-14-12-6-5-11(19-2)9-13(12)16(17)18/h5-6,9-10,14H,3-4,7-8H2,1-2H3. The fourth-order valence-electron chi connectivity index (χ4n) is 2.00. The zero-order valence-corrected chi connectivity index (χ0v) is 11.3. The molecule has 1 fully saturated rings. The van der Waals surface area contributed by atoms with Gasteiger partial charge in [0.2, 0.25) is 0 Å². The highest BCUT2D eigenvalue weighted by Crippen LogP contribution is 2.29. The van der Waals surface area contributed by atoms with Gasteiger partial charge in [-0.2, -0.15) is 0 Å². The summed E-state index contributed by atoms with van der Waals surface area (Å²) in [4.78, 5) is 12.9. The number of benzene rings is 1. The molecule has 0 heterocycles. The fourth-order valence-corrected chi connectivity index (χ4v) is 2.00. The molecule has 0 unspecified atom stereocenters. The van der Waals surface area contributed by atoms with E-state index in [2.05, 4.69) is 17.3 Å². The van der Waals surface area contributed by atoms with E-state index >= 15 is 0 Å². The van der Waals surface area contributed by atoms with Crippen molar-refractivity contribution in [2.24, 2.45) is 0 Å². The van der Waals surface area contributed by atoms with Gasteiger partial charge in [0.1, 0.15) is 11.4 Å². The van der Waals surface area contributed by atoms with Crippen LogP contribution in [0.1, 0.15) is 12.8 Å². The number of likely N-dealkylation sites (N-methyl/N-ethyl adjacent to an activating group) is 1. The van der Waals surface area contributed by atoms with E-state index < -0.39 is 4.92 Å². The average molecular weight is 265 g/mol. The Morgan fingerprint density at radius 1 is 1.53 bits per heavy atom. The Morgan fingerprint density at radius 2 is 2.26 bits per heavy atom. The number of methoxy groups -OCH3 is 1. The van der Waals surface area contributed by atoms with E-state index in [-0.39, 0.29) is 5.69 Å². The quantitative estimate of drug-likeness (QED) is 0.604. The summed E-state index contributed by atoms with van der Waals surface area (Å²) >= 11 is 0. The highest BCUT2D eigenvalue weighted by molar-refractivity contribution is 5.63. The van der Waals surface area contributed by atoms with Crippen molar-refractivity contribution >= 4 is 11.4 Å².